The number of hydrogen-bond donors (Lipinski definition) is 8. The van der Waals surface area contributed by atoms with Gasteiger partial charge < -0.3 is 80.4 Å². The van der Waals surface area contributed by atoms with E-state index in [4.69, 9.17) is 43.0 Å². The van der Waals surface area contributed by atoms with Gasteiger partial charge in [-0.05, 0) is 153 Å². The summed E-state index contributed by atoms with van der Waals surface area (Å²) >= 11 is 0. The molecule has 4 heterocycles. The van der Waals surface area contributed by atoms with E-state index in [1.807, 2.05) is 91.5 Å². The lowest BCUT2D eigenvalue weighted by atomic mass is 10.0. The van der Waals surface area contributed by atoms with Crippen molar-refractivity contribution in [2.45, 2.75) is 238 Å². The van der Waals surface area contributed by atoms with E-state index in [9.17, 15) is 38.4 Å². The van der Waals surface area contributed by atoms with E-state index in [1.54, 1.807) is 109 Å². The second-order valence-corrected chi connectivity index (χ2v) is 35.6. The van der Waals surface area contributed by atoms with Gasteiger partial charge in [-0.15, -0.1) is 0 Å². The highest BCUT2D eigenvalue weighted by Gasteiger charge is 2.32. The topological polar surface area (TPSA) is 378 Å². The third kappa shape index (κ3) is 32.7. The molecule has 2 unspecified atom stereocenters. The second-order valence-electron chi connectivity index (χ2n) is 35.6. The molecular formula is C100H152N16O16. The fourth-order valence-corrected chi connectivity index (χ4v) is 15.3. The molecule has 32 nitrogen and oxygen atoms in total. The van der Waals surface area contributed by atoms with Crippen LogP contribution in [0.2, 0.25) is 0 Å². The summed E-state index contributed by atoms with van der Waals surface area (Å²) < 4.78 is 52.2. The molecule has 6 atom stereocenters. The lowest BCUT2D eigenvalue weighted by Gasteiger charge is -2.21. The van der Waals surface area contributed by atoms with Crippen LogP contribution in [0.15, 0.2) is 97.1 Å². The maximum absolute atomic E-state index is 13.3. The molecule has 8 N–H and O–H groups in total. The minimum atomic E-state index is -0.311. The monoisotopic (exact) mass is 1830 g/mol. The van der Waals surface area contributed by atoms with Crippen molar-refractivity contribution in [3.63, 3.8) is 0 Å². The summed E-state index contributed by atoms with van der Waals surface area (Å²) in [5, 5.41) is 41.2. The first-order chi connectivity index (χ1) is 62.8. The van der Waals surface area contributed by atoms with Crippen LogP contribution in [0.4, 0.5) is 0 Å². The number of methoxy groups -OCH3 is 8. The Morgan fingerprint density at radius 2 is 0.545 bits per heavy atom. The second kappa shape index (κ2) is 55.3. The smallest absolute Gasteiger partial charge is 0.272 e. The quantitative estimate of drug-likeness (QED) is 0.0176. The fourth-order valence-electron chi connectivity index (χ4n) is 15.3. The van der Waals surface area contributed by atoms with Gasteiger partial charge in [-0.3, -0.25) is 57.1 Å². The number of nitrogens with zero attached hydrogens (tertiary/aromatic N) is 8. The number of carbonyl (C=O) groups excluding carboxylic acids is 8. The fraction of sp³-hybridized carbons (Fsp3) is 0.560. The zero-order chi connectivity index (χ0) is 98.3. The van der Waals surface area contributed by atoms with Crippen LogP contribution in [-0.4, -0.2) is 196 Å². The highest BCUT2D eigenvalue weighted by Crippen LogP contribution is 2.44. The molecule has 32 heteroatoms. The minimum Gasteiger partial charge on any atom is -0.496 e. The highest BCUT2D eigenvalue weighted by atomic mass is 16.5. The largest absolute Gasteiger partial charge is 0.496 e. The summed E-state index contributed by atoms with van der Waals surface area (Å²) in [5.74, 6) is 6.15. The first kappa shape index (κ1) is 110. The Balaban J connectivity index is 0.000000311. The minimum absolute atomic E-state index is 0.0218. The van der Waals surface area contributed by atoms with Crippen LogP contribution in [0.3, 0.4) is 0 Å². The van der Waals surface area contributed by atoms with E-state index < -0.39 is 0 Å². The number of hydrogen-bond acceptors (Lipinski definition) is 20. The average molecular weight is 1830 g/mol. The van der Waals surface area contributed by atoms with Crippen molar-refractivity contribution in [2.24, 2.45) is 47.3 Å². The summed E-state index contributed by atoms with van der Waals surface area (Å²) in [6.07, 6.45) is 6.65. The maximum Gasteiger partial charge on any atom is 0.272 e. The van der Waals surface area contributed by atoms with Gasteiger partial charge in [0.05, 0.1) is 108 Å². The van der Waals surface area contributed by atoms with E-state index >= 15 is 0 Å². The third-order valence-electron chi connectivity index (χ3n) is 22.6. The van der Waals surface area contributed by atoms with Crippen LogP contribution in [0.5, 0.6) is 46.0 Å². The Morgan fingerprint density at radius 3 is 0.765 bits per heavy atom. The molecule has 728 valence electrons. The van der Waals surface area contributed by atoms with Crippen molar-refractivity contribution < 1.29 is 76.3 Å². The van der Waals surface area contributed by atoms with Gasteiger partial charge in [-0.25, -0.2) is 0 Å². The van der Waals surface area contributed by atoms with Crippen molar-refractivity contribution in [3.05, 3.63) is 120 Å². The van der Waals surface area contributed by atoms with Crippen LogP contribution >= 0.6 is 0 Å². The standard InChI is InChI=1S/C26H40N4O4.2C25H38N4O4.C24H36N4O4/c1-8-18(9-2)16-30-21(25-22(33-6)11-10-12-23(25)34-7)15-20(29-30)26(32)28-19(13-17(3)4)14-24(31)27-5;1-15(2)12-18(13-23(30)26-6)27-25(31)19-14-20(29(28-19)17(5)16(3)4)24-21(32-7)10-9-11-22(24)33-8;1-8-17(4)15-29-20(24-21(32-6)10-9-11-22(24)33-7)14-19(28-29)25(31)27-18(12-16(2)3)13-23(30)26-5;1-15(2)11-17(12-22(29)25-5)26-24(30)18-13-19(28(27-18)14-16(3)4)23-20(31-6)9-8-10-21(23)32-7/h10-12,15,17-19H,8-9,13-14,16H2,1-7H3,(H,27,31)(H,28,32);9-11,14-18H,12-13H2,1-8H3,(H,26,30)(H,27,31);9-11,14,16-18H,8,12-13,15H2,1-7H3,(H,26,30)(H,27,31);8-10,13,15-17H,11-12,14H2,1-7H3,(H,25,29)(H,26,30)/t19-;2*17?,18-;17-/m0000/s1. The molecule has 4 aromatic carbocycles. The van der Waals surface area contributed by atoms with Gasteiger partial charge in [0.1, 0.15) is 46.0 Å². The maximum atomic E-state index is 13.3. The number of benzene rings is 4. The number of amides is 8. The highest BCUT2D eigenvalue weighted by molar-refractivity contribution is 5.97. The van der Waals surface area contributed by atoms with Crippen molar-refractivity contribution in [2.75, 3.05) is 85.1 Å². The zero-order valence-corrected chi connectivity index (χ0v) is 83.8. The number of rotatable bonds is 47. The third-order valence-corrected chi connectivity index (χ3v) is 22.6. The lowest BCUT2D eigenvalue weighted by molar-refractivity contribution is -0.122. The Morgan fingerprint density at radius 1 is 0.311 bits per heavy atom. The summed E-state index contributed by atoms with van der Waals surface area (Å²) in [6.45, 7) is 37.5. The van der Waals surface area contributed by atoms with E-state index in [1.165, 1.54) is 0 Å². The molecular weight excluding hydrogens is 1680 g/mol. The Hall–Kier alpha value is -12.1. The normalized spacial score (nSPS) is 12.5. The summed E-state index contributed by atoms with van der Waals surface area (Å²) in [5.41, 5.74) is 7.17. The molecule has 132 heavy (non-hydrogen) atoms. The van der Waals surface area contributed by atoms with E-state index in [-0.39, 0.29) is 115 Å². The van der Waals surface area contributed by atoms with Gasteiger partial charge in [-0.2, -0.15) is 20.4 Å². The molecule has 0 radical (unpaired) electrons. The van der Waals surface area contributed by atoms with Crippen LogP contribution in [0.25, 0.3) is 45.0 Å². The summed E-state index contributed by atoms with van der Waals surface area (Å²) in [6, 6.07) is 28.3. The molecule has 0 fully saturated rings. The van der Waals surface area contributed by atoms with Crippen molar-refractivity contribution in [3.8, 4) is 91.0 Å². The van der Waals surface area contributed by atoms with Gasteiger partial charge in [-0.1, -0.05) is 154 Å². The van der Waals surface area contributed by atoms with Crippen LogP contribution in [0, 0.1) is 47.3 Å². The molecule has 0 aliphatic heterocycles. The number of ether oxygens (including phenoxy) is 8. The number of carbonyl (C=O) groups is 8. The predicted molar refractivity (Wildman–Crippen MR) is 519 cm³/mol. The summed E-state index contributed by atoms with van der Waals surface area (Å²) in [7, 11) is 19.2. The zero-order valence-electron chi connectivity index (χ0n) is 83.8. The van der Waals surface area contributed by atoms with Crippen LogP contribution < -0.4 is 80.4 Å². The predicted octanol–water partition coefficient (Wildman–Crippen LogP) is 15.7. The van der Waals surface area contributed by atoms with E-state index in [0.29, 0.717) is 150 Å². The first-order valence-electron chi connectivity index (χ1n) is 46.1. The molecule has 8 aromatic rings. The molecule has 8 amide bonds. The van der Waals surface area contributed by atoms with Gasteiger partial charge in [0.25, 0.3) is 23.6 Å². The molecule has 0 bridgehead atoms. The number of aromatic nitrogens is 8. The number of nitrogens with one attached hydrogen (secondary N) is 8. The van der Waals surface area contributed by atoms with Gasteiger partial charge in [0, 0.05) is 97.7 Å². The van der Waals surface area contributed by atoms with Crippen LogP contribution in [0.1, 0.15) is 236 Å². The SMILES string of the molecule is CCC(C)Cn1nc(C(=O)N[C@H](CC(=O)NC)CC(C)C)cc1-c1c(OC)cccc1OC.CCC(CC)Cn1nc(C(=O)N[C@H](CC(=O)NC)CC(C)C)cc1-c1c(OC)cccc1OC.CNC(=O)C[C@H](CC(C)C)NC(=O)c1cc(-c2c(OC)cccc2OC)n(C(C)C(C)C)n1.CNC(=O)C[C@H](CC(C)C)NC(=O)c1cc(-c2c(OC)cccc2OC)n(CC(C)C)n1. The lowest BCUT2D eigenvalue weighted by Crippen LogP contribution is -2.39. The van der Waals surface area contributed by atoms with Crippen molar-refractivity contribution >= 4 is 47.3 Å². The Bertz CT molecular complexity index is 4890. The molecule has 8 rings (SSSR count). The Kier molecular flexibility index (Phi) is 46.2. The van der Waals surface area contributed by atoms with Crippen molar-refractivity contribution in [1.82, 2.24) is 81.7 Å². The van der Waals surface area contributed by atoms with Crippen molar-refractivity contribution in [1.29, 1.82) is 0 Å². The summed E-state index contributed by atoms with van der Waals surface area (Å²) in [4.78, 5) is 101. The molecule has 0 aliphatic carbocycles. The molecule has 0 saturated carbocycles. The van der Waals surface area contributed by atoms with E-state index in [0.717, 1.165) is 64.3 Å². The van der Waals surface area contributed by atoms with Gasteiger partial charge in [0.15, 0.2) is 22.8 Å². The van der Waals surface area contributed by atoms with Gasteiger partial charge in [0.2, 0.25) is 23.6 Å². The molecule has 0 aliphatic rings. The molecule has 0 saturated heterocycles. The molecule has 4 aromatic heterocycles. The average Bonchev–Trinajstić information content (AvgIpc) is 1.63. The first-order valence-corrected chi connectivity index (χ1v) is 46.1. The van der Waals surface area contributed by atoms with E-state index in [2.05, 4.69) is 176 Å². The van der Waals surface area contributed by atoms with Crippen LogP contribution in [-0.2, 0) is 38.8 Å². The van der Waals surface area contributed by atoms with Gasteiger partial charge >= 0.3 is 0 Å². The Labute approximate surface area is 782 Å². The molecule has 0 spiro atoms.